The van der Waals surface area contributed by atoms with E-state index in [-0.39, 0.29) is 10.8 Å². The molecule has 12 heteroatoms. The van der Waals surface area contributed by atoms with Crippen LogP contribution in [0.5, 0.6) is 0 Å². The quantitative estimate of drug-likeness (QED) is 0.171. The van der Waals surface area contributed by atoms with Gasteiger partial charge in [-0.1, -0.05) is 56.8 Å². The molecule has 0 aliphatic heterocycles. The summed E-state index contributed by atoms with van der Waals surface area (Å²) in [6, 6.07) is 12.2. The van der Waals surface area contributed by atoms with E-state index < -0.39 is 20.8 Å². The van der Waals surface area contributed by atoms with E-state index in [0.717, 1.165) is 0 Å². The molecule has 0 saturated heterocycles. The number of thiocarbonyl (C=S) groups is 1. The van der Waals surface area contributed by atoms with E-state index in [1.54, 1.807) is 24.3 Å². The Morgan fingerprint density at radius 3 is 2.32 bits per heavy atom. The number of nitro benzene ring substituents is 1. The number of benzene rings is 2. The first-order chi connectivity index (χ1) is 13.1. The Labute approximate surface area is 189 Å². The molecular weight excluding hydrogens is 515 g/mol. The van der Waals surface area contributed by atoms with Crippen LogP contribution in [0.4, 0.5) is 11.4 Å². The number of nitrogens with zero attached hydrogens (tertiary/aromatic N) is 1. The smallest absolute Gasteiger partial charge is 0.269 e. The molecule has 0 radical (unpaired) electrons. The van der Waals surface area contributed by atoms with Crippen LogP contribution in [0.1, 0.15) is 10.4 Å². The summed E-state index contributed by atoms with van der Waals surface area (Å²) in [5.74, 6) is -0.483. The second-order valence-corrected chi connectivity index (χ2v) is 9.05. The molecule has 0 aliphatic rings. The lowest BCUT2D eigenvalue weighted by Gasteiger charge is -2.27. The molecule has 2 aromatic carbocycles. The number of hydrogen-bond donors (Lipinski definition) is 3. The molecule has 0 bridgehead atoms. The minimum absolute atomic E-state index is 0.0414. The molecule has 2 aromatic rings. The van der Waals surface area contributed by atoms with Gasteiger partial charge in [0.2, 0.25) is 3.79 Å². The van der Waals surface area contributed by atoms with E-state index in [4.69, 9.17) is 47.0 Å². The van der Waals surface area contributed by atoms with Gasteiger partial charge < -0.3 is 16.0 Å². The average Bonchev–Trinajstić information content (AvgIpc) is 2.60. The average molecular weight is 527 g/mol. The Morgan fingerprint density at radius 2 is 1.79 bits per heavy atom. The number of amides is 1. The number of nitro groups is 1. The van der Waals surface area contributed by atoms with Crippen LogP contribution >= 0.6 is 63.0 Å². The summed E-state index contributed by atoms with van der Waals surface area (Å²) in [6.45, 7) is 0. The molecule has 1 amide bonds. The van der Waals surface area contributed by atoms with Gasteiger partial charge in [0, 0.05) is 27.9 Å². The fourth-order valence-corrected chi connectivity index (χ4v) is 2.97. The lowest BCUT2D eigenvalue weighted by molar-refractivity contribution is -0.384. The van der Waals surface area contributed by atoms with Crippen molar-refractivity contribution >= 4 is 85.3 Å². The van der Waals surface area contributed by atoms with Crippen molar-refractivity contribution in [3.63, 3.8) is 0 Å². The number of hydrogen-bond acceptors (Lipinski definition) is 4. The third-order valence-corrected chi connectivity index (χ3v) is 4.67. The number of non-ortho nitro benzene ring substituents is 1. The monoisotopic (exact) mass is 524 g/mol. The molecule has 0 aliphatic carbocycles. The van der Waals surface area contributed by atoms with Gasteiger partial charge in [-0.3, -0.25) is 14.9 Å². The topological polar surface area (TPSA) is 96.3 Å². The van der Waals surface area contributed by atoms with Gasteiger partial charge in [0.05, 0.1) is 4.92 Å². The van der Waals surface area contributed by atoms with Crippen molar-refractivity contribution in [1.29, 1.82) is 0 Å². The Balaban J connectivity index is 2.06. The maximum absolute atomic E-state index is 12.4. The number of carbonyl (C=O) groups is 1. The maximum Gasteiger partial charge on any atom is 0.269 e. The normalized spacial score (nSPS) is 12.0. The first-order valence-corrected chi connectivity index (χ1v) is 9.85. The number of halogens is 4. The van der Waals surface area contributed by atoms with Gasteiger partial charge >= 0.3 is 0 Å². The molecule has 3 N–H and O–H groups in total. The van der Waals surface area contributed by atoms with Gasteiger partial charge in [-0.2, -0.15) is 0 Å². The van der Waals surface area contributed by atoms with Crippen molar-refractivity contribution in [2.24, 2.45) is 0 Å². The highest BCUT2D eigenvalue weighted by atomic mass is 79.9. The molecule has 7 nitrogen and oxygen atoms in total. The zero-order valence-corrected chi connectivity index (χ0v) is 18.5. The Morgan fingerprint density at radius 1 is 1.14 bits per heavy atom. The molecule has 148 valence electrons. The van der Waals surface area contributed by atoms with Crippen LogP contribution in [0.15, 0.2) is 53.0 Å². The maximum atomic E-state index is 12.4. The van der Waals surface area contributed by atoms with Gasteiger partial charge in [0.1, 0.15) is 6.17 Å². The zero-order chi connectivity index (χ0) is 20.9. The summed E-state index contributed by atoms with van der Waals surface area (Å²) >= 11 is 26.3. The summed E-state index contributed by atoms with van der Waals surface area (Å²) in [5.41, 5.74) is 0.763. The van der Waals surface area contributed by atoms with E-state index in [1.807, 2.05) is 0 Å². The lowest BCUT2D eigenvalue weighted by Crippen LogP contribution is -2.56. The molecule has 0 heterocycles. The van der Waals surface area contributed by atoms with Crippen molar-refractivity contribution < 1.29 is 9.72 Å². The molecule has 1 atom stereocenters. The van der Waals surface area contributed by atoms with Crippen molar-refractivity contribution in [1.82, 2.24) is 10.6 Å². The Kier molecular flexibility index (Phi) is 7.85. The largest absolute Gasteiger partial charge is 0.339 e. The van der Waals surface area contributed by atoms with E-state index in [0.29, 0.717) is 15.7 Å². The predicted octanol–water partition coefficient (Wildman–Crippen LogP) is 4.77. The summed E-state index contributed by atoms with van der Waals surface area (Å²) in [5, 5.41) is 18.8. The van der Waals surface area contributed by atoms with Crippen molar-refractivity contribution in [3.05, 3.63) is 68.7 Å². The summed E-state index contributed by atoms with van der Waals surface area (Å²) in [6.07, 6.45) is -1.15. The van der Waals surface area contributed by atoms with Crippen LogP contribution in [0.3, 0.4) is 0 Å². The summed E-state index contributed by atoms with van der Waals surface area (Å²) in [7, 11) is 0. The van der Waals surface area contributed by atoms with E-state index in [2.05, 4.69) is 31.9 Å². The van der Waals surface area contributed by atoms with E-state index in [9.17, 15) is 14.9 Å². The standard InChI is InChI=1S/C16H12BrCl3N4O3S/c17-10-3-1-2-9(8-10)13(25)22-14(16(18,19)20)23-15(28)21-11-4-6-12(7-5-11)24(26)27/h1-8,14H,(H,22,25)(H2,21,23,28)/t14-/m1/s1. The van der Waals surface area contributed by atoms with Crippen molar-refractivity contribution in [2.75, 3.05) is 5.32 Å². The Bertz CT molecular complexity index is 893. The van der Waals surface area contributed by atoms with Gasteiger partial charge in [0.25, 0.3) is 11.6 Å². The number of alkyl halides is 3. The summed E-state index contributed by atoms with van der Waals surface area (Å²) < 4.78 is -1.20. The third kappa shape index (κ3) is 6.75. The van der Waals surface area contributed by atoms with Gasteiger partial charge in [-0.05, 0) is 42.5 Å². The number of rotatable bonds is 5. The molecule has 0 spiro atoms. The predicted molar refractivity (Wildman–Crippen MR) is 118 cm³/mol. The van der Waals surface area contributed by atoms with Gasteiger partial charge in [-0.15, -0.1) is 0 Å². The fraction of sp³-hybridized carbons (Fsp3) is 0.125. The SMILES string of the molecule is O=C(N[C@H](NC(=S)Nc1ccc([N+](=O)[O-])cc1)C(Cl)(Cl)Cl)c1cccc(Br)c1. The van der Waals surface area contributed by atoms with Crippen LogP contribution in [0.25, 0.3) is 0 Å². The molecule has 0 fully saturated rings. The van der Waals surface area contributed by atoms with Crippen LogP contribution < -0.4 is 16.0 Å². The third-order valence-electron chi connectivity index (χ3n) is 3.30. The molecule has 0 unspecified atom stereocenters. The highest BCUT2D eigenvalue weighted by Crippen LogP contribution is 2.29. The Hall–Kier alpha value is -1.65. The number of carbonyl (C=O) groups excluding carboxylic acids is 1. The van der Waals surface area contributed by atoms with Crippen LogP contribution in [-0.2, 0) is 0 Å². The second-order valence-electron chi connectivity index (χ2n) is 5.36. The minimum atomic E-state index is -1.91. The molecule has 28 heavy (non-hydrogen) atoms. The molecule has 0 aromatic heterocycles. The van der Waals surface area contributed by atoms with Crippen LogP contribution in [0, 0.1) is 10.1 Å². The van der Waals surface area contributed by atoms with Crippen molar-refractivity contribution in [3.8, 4) is 0 Å². The van der Waals surface area contributed by atoms with Crippen LogP contribution in [-0.4, -0.2) is 25.9 Å². The molecule has 0 saturated carbocycles. The van der Waals surface area contributed by atoms with Gasteiger partial charge in [0.15, 0.2) is 5.11 Å². The zero-order valence-electron chi connectivity index (χ0n) is 13.8. The van der Waals surface area contributed by atoms with E-state index >= 15 is 0 Å². The highest BCUT2D eigenvalue weighted by molar-refractivity contribution is 9.10. The molecular formula is C16H12BrCl3N4O3S. The second kappa shape index (κ2) is 9.71. The lowest BCUT2D eigenvalue weighted by atomic mass is 10.2. The highest BCUT2D eigenvalue weighted by Gasteiger charge is 2.35. The minimum Gasteiger partial charge on any atom is -0.339 e. The van der Waals surface area contributed by atoms with Crippen molar-refractivity contribution in [2.45, 2.75) is 9.96 Å². The van der Waals surface area contributed by atoms with E-state index in [1.165, 1.54) is 24.3 Å². The molecule has 2 rings (SSSR count). The number of nitrogens with one attached hydrogen (secondary N) is 3. The summed E-state index contributed by atoms with van der Waals surface area (Å²) in [4.78, 5) is 22.6. The first-order valence-electron chi connectivity index (χ1n) is 7.51. The number of anilines is 1. The first kappa shape index (κ1) is 22.6. The van der Waals surface area contributed by atoms with Crippen LogP contribution in [0.2, 0.25) is 0 Å². The fourth-order valence-electron chi connectivity index (χ4n) is 2.01. The van der Waals surface area contributed by atoms with Gasteiger partial charge in [-0.25, -0.2) is 0 Å².